The second-order valence-electron chi connectivity index (χ2n) is 4.82. The molecule has 0 spiro atoms. The maximum absolute atomic E-state index is 11.1. The first-order valence-electron chi connectivity index (χ1n) is 6.51. The molecule has 0 aliphatic carbocycles. The minimum absolute atomic E-state index is 0.129. The molecule has 2 heterocycles. The topological polar surface area (TPSA) is 74.8 Å². The molecule has 0 amide bonds. The third-order valence-electron chi connectivity index (χ3n) is 3.43. The Balaban J connectivity index is 2.07. The maximum Gasteiger partial charge on any atom is 0.326 e. The Morgan fingerprint density at radius 3 is 2.91 bits per heavy atom. The summed E-state index contributed by atoms with van der Waals surface area (Å²) in [5, 5.41) is 19.4. The molecule has 0 saturated carbocycles. The fourth-order valence-corrected chi connectivity index (χ4v) is 3.66. The number of hydrogen-bond donors (Lipinski definition) is 2. The standard InChI is InChI=1S/C15H12N2O3S2/c1-8(14(19)20)17-13(18)12(22-15(17)21)6-9-7-16-11-5-3-2-4-10(9)11/h2-8,18H,1H3,(H,19,20)/b9-6-/t8-/m0/s1. The second kappa shape index (κ2) is 5.51. The van der Waals surface area contributed by atoms with Crippen molar-refractivity contribution in [2.24, 2.45) is 4.99 Å². The Hall–Kier alpha value is -2.25. The molecule has 2 N–H and O–H groups in total. The minimum atomic E-state index is -1.05. The van der Waals surface area contributed by atoms with Crippen LogP contribution in [0.4, 0.5) is 5.69 Å². The van der Waals surface area contributed by atoms with Crippen molar-refractivity contribution in [1.29, 1.82) is 0 Å². The minimum Gasteiger partial charge on any atom is -0.493 e. The smallest absolute Gasteiger partial charge is 0.326 e. The summed E-state index contributed by atoms with van der Waals surface area (Å²) in [6, 6.07) is 6.76. The average molecular weight is 332 g/mol. The van der Waals surface area contributed by atoms with Crippen molar-refractivity contribution in [1.82, 2.24) is 4.57 Å². The molecule has 7 heteroatoms. The molecular formula is C15H12N2O3S2. The summed E-state index contributed by atoms with van der Waals surface area (Å²) in [6.45, 7) is 1.48. The third kappa shape index (κ3) is 2.38. The molecule has 1 aromatic carbocycles. The van der Waals surface area contributed by atoms with Gasteiger partial charge >= 0.3 is 5.97 Å². The van der Waals surface area contributed by atoms with Gasteiger partial charge in [-0.2, -0.15) is 0 Å². The number of rotatable bonds is 3. The Morgan fingerprint density at radius 2 is 2.18 bits per heavy atom. The van der Waals surface area contributed by atoms with Crippen molar-refractivity contribution in [3.8, 4) is 5.88 Å². The van der Waals surface area contributed by atoms with Gasteiger partial charge in [0.1, 0.15) is 6.04 Å². The van der Waals surface area contributed by atoms with Crippen LogP contribution in [0.25, 0.3) is 11.6 Å². The highest BCUT2D eigenvalue weighted by Gasteiger charge is 2.21. The molecule has 22 heavy (non-hydrogen) atoms. The van der Waals surface area contributed by atoms with Gasteiger partial charge in [-0.3, -0.25) is 9.56 Å². The number of aliphatic carboxylic acids is 1. The number of benzene rings is 1. The Kier molecular flexibility index (Phi) is 3.67. The van der Waals surface area contributed by atoms with Crippen LogP contribution in [0.15, 0.2) is 29.3 Å². The first-order chi connectivity index (χ1) is 10.5. The molecule has 0 fully saturated rings. The number of fused-ring (bicyclic) bond motifs is 1. The fourth-order valence-electron chi connectivity index (χ4n) is 2.24. The molecule has 1 aliphatic rings. The SMILES string of the molecule is C[C@@H](C(=O)O)n1c(O)c(/C=C2/C=Nc3ccccc32)sc1=S. The molecule has 0 radical (unpaired) electrons. The number of thiazole rings is 1. The fraction of sp³-hybridized carbons (Fsp3) is 0.133. The first kappa shape index (κ1) is 14.7. The molecule has 0 saturated heterocycles. The largest absolute Gasteiger partial charge is 0.493 e. The van der Waals surface area contributed by atoms with Gasteiger partial charge in [-0.1, -0.05) is 18.2 Å². The summed E-state index contributed by atoms with van der Waals surface area (Å²) in [6.07, 6.45) is 3.49. The summed E-state index contributed by atoms with van der Waals surface area (Å²) in [5.74, 6) is -1.17. The van der Waals surface area contributed by atoms with Gasteiger partial charge in [0, 0.05) is 17.4 Å². The number of carboxylic acid groups (broad SMARTS) is 1. The highest BCUT2D eigenvalue weighted by atomic mass is 32.1. The number of aromatic nitrogens is 1. The van der Waals surface area contributed by atoms with Crippen LogP contribution in [0, 0.1) is 3.95 Å². The summed E-state index contributed by atoms with van der Waals surface area (Å²) in [4.78, 5) is 15.9. The molecule has 2 aromatic rings. The number of hydrogen-bond acceptors (Lipinski definition) is 5. The van der Waals surface area contributed by atoms with Gasteiger partial charge in [0.05, 0.1) is 10.6 Å². The van der Waals surface area contributed by atoms with E-state index in [-0.39, 0.29) is 5.88 Å². The number of aliphatic imine (C=N–C) groups is 1. The molecule has 3 rings (SSSR count). The van der Waals surface area contributed by atoms with Crippen molar-refractivity contribution in [3.63, 3.8) is 0 Å². The van der Waals surface area contributed by atoms with Crippen LogP contribution in [-0.2, 0) is 4.79 Å². The lowest BCUT2D eigenvalue weighted by molar-refractivity contribution is -0.140. The van der Waals surface area contributed by atoms with E-state index in [2.05, 4.69) is 4.99 Å². The Labute approximate surface area is 135 Å². The summed E-state index contributed by atoms with van der Waals surface area (Å²) >= 11 is 6.34. The van der Waals surface area contributed by atoms with Crippen LogP contribution in [0.5, 0.6) is 5.88 Å². The van der Waals surface area contributed by atoms with Crippen LogP contribution >= 0.6 is 23.6 Å². The van der Waals surface area contributed by atoms with E-state index in [1.165, 1.54) is 22.8 Å². The highest BCUT2D eigenvalue weighted by molar-refractivity contribution is 7.73. The van der Waals surface area contributed by atoms with Gasteiger partial charge in [0.15, 0.2) is 3.95 Å². The Morgan fingerprint density at radius 1 is 1.45 bits per heavy atom. The number of para-hydroxylation sites is 1. The van der Waals surface area contributed by atoms with E-state index in [9.17, 15) is 9.90 Å². The quantitative estimate of drug-likeness (QED) is 0.836. The zero-order valence-electron chi connectivity index (χ0n) is 11.6. The predicted octanol–water partition coefficient (Wildman–Crippen LogP) is 3.89. The van der Waals surface area contributed by atoms with Crippen molar-refractivity contribution in [2.45, 2.75) is 13.0 Å². The highest BCUT2D eigenvalue weighted by Crippen LogP contribution is 2.36. The number of carbonyl (C=O) groups is 1. The lowest BCUT2D eigenvalue weighted by Crippen LogP contribution is -2.14. The zero-order chi connectivity index (χ0) is 15.9. The van der Waals surface area contributed by atoms with Crippen LogP contribution < -0.4 is 0 Å². The van der Waals surface area contributed by atoms with Gasteiger partial charge < -0.3 is 10.2 Å². The van der Waals surface area contributed by atoms with E-state index in [0.29, 0.717) is 8.83 Å². The number of nitrogens with zero attached hydrogens (tertiary/aromatic N) is 2. The van der Waals surface area contributed by atoms with E-state index < -0.39 is 12.0 Å². The predicted molar refractivity (Wildman–Crippen MR) is 89.6 cm³/mol. The molecule has 112 valence electrons. The van der Waals surface area contributed by atoms with Crippen molar-refractivity contribution in [2.75, 3.05) is 0 Å². The lowest BCUT2D eigenvalue weighted by atomic mass is 10.1. The molecule has 0 unspecified atom stereocenters. The normalized spacial score (nSPS) is 16.0. The zero-order valence-corrected chi connectivity index (χ0v) is 13.2. The van der Waals surface area contributed by atoms with Crippen LogP contribution in [0.2, 0.25) is 0 Å². The van der Waals surface area contributed by atoms with E-state index in [0.717, 1.165) is 16.8 Å². The average Bonchev–Trinajstić information content (AvgIpc) is 3.01. The summed E-state index contributed by atoms with van der Waals surface area (Å²) in [7, 11) is 0. The van der Waals surface area contributed by atoms with E-state index in [1.807, 2.05) is 24.3 Å². The molecule has 1 aliphatic heterocycles. The van der Waals surface area contributed by atoms with E-state index >= 15 is 0 Å². The summed E-state index contributed by atoms with van der Waals surface area (Å²) < 4.78 is 1.56. The maximum atomic E-state index is 11.1. The van der Waals surface area contributed by atoms with Crippen LogP contribution in [0.1, 0.15) is 23.4 Å². The summed E-state index contributed by atoms with van der Waals surface area (Å²) in [5.41, 5.74) is 2.70. The second-order valence-corrected chi connectivity index (χ2v) is 6.49. The van der Waals surface area contributed by atoms with Crippen molar-refractivity contribution in [3.05, 3.63) is 38.7 Å². The third-order valence-corrected chi connectivity index (χ3v) is 4.77. The van der Waals surface area contributed by atoms with Gasteiger partial charge in [0.2, 0.25) is 5.88 Å². The number of allylic oxidation sites excluding steroid dienone is 1. The molecule has 1 atom stereocenters. The van der Waals surface area contributed by atoms with Gasteiger partial charge in [-0.15, -0.1) is 11.3 Å². The van der Waals surface area contributed by atoms with Crippen LogP contribution in [0.3, 0.4) is 0 Å². The lowest BCUT2D eigenvalue weighted by Gasteiger charge is -2.09. The van der Waals surface area contributed by atoms with Crippen molar-refractivity contribution >= 4 is 53.1 Å². The molecule has 0 bridgehead atoms. The van der Waals surface area contributed by atoms with Crippen molar-refractivity contribution < 1.29 is 15.0 Å². The first-order valence-corrected chi connectivity index (χ1v) is 7.74. The van der Waals surface area contributed by atoms with Crippen LogP contribution in [-0.4, -0.2) is 27.0 Å². The van der Waals surface area contributed by atoms with E-state index in [4.69, 9.17) is 17.3 Å². The van der Waals surface area contributed by atoms with Gasteiger partial charge in [-0.05, 0) is 31.3 Å². The number of carboxylic acids is 1. The Bertz CT molecular complexity index is 877. The molecule has 5 nitrogen and oxygen atoms in total. The monoisotopic (exact) mass is 332 g/mol. The van der Waals surface area contributed by atoms with Gasteiger partial charge in [-0.25, -0.2) is 4.79 Å². The van der Waals surface area contributed by atoms with Gasteiger partial charge in [0.25, 0.3) is 0 Å². The number of aromatic hydroxyl groups is 1. The van der Waals surface area contributed by atoms with E-state index in [1.54, 1.807) is 12.3 Å². The molecular weight excluding hydrogens is 320 g/mol. The molecule has 1 aromatic heterocycles.